The van der Waals surface area contributed by atoms with Crippen LogP contribution >= 0.6 is 11.3 Å². The van der Waals surface area contributed by atoms with Gasteiger partial charge in [-0.2, -0.15) is 0 Å². The van der Waals surface area contributed by atoms with Crippen LogP contribution < -0.4 is 4.90 Å². The lowest BCUT2D eigenvalue weighted by atomic mass is 9.98. The van der Waals surface area contributed by atoms with Crippen molar-refractivity contribution in [3.63, 3.8) is 0 Å². The van der Waals surface area contributed by atoms with E-state index in [4.69, 9.17) is 0 Å². The SMILES string of the molecule is CCC(C)(C)N1CCN(c2nccs2)CC1. The number of rotatable bonds is 3. The van der Waals surface area contributed by atoms with Crippen molar-refractivity contribution < 1.29 is 0 Å². The number of piperazine rings is 1. The van der Waals surface area contributed by atoms with E-state index in [2.05, 4.69) is 40.9 Å². The second-order valence-corrected chi connectivity index (χ2v) is 5.83. The van der Waals surface area contributed by atoms with Gasteiger partial charge in [0, 0.05) is 43.3 Å². The van der Waals surface area contributed by atoms with Gasteiger partial charge in [0.25, 0.3) is 0 Å². The van der Waals surface area contributed by atoms with Crippen molar-refractivity contribution >= 4 is 16.5 Å². The van der Waals surface area contributed by atoms with E-state index in [0.717, 1.165) is 26.2 Å². The summed E-state index contributed by atoms with van der Waals surface area (Å²) in [6, 6.07) is 0. The summed E-state index contributed by atoms with van der Waals surface area (Å²) in [5, 5.41) is 3.23. The summed E-state index contributed by atoms with van der Waals surface area (Å²) >= 11 is 1.74. The molecule has 0 spiro atoms. The van der Waals surface area contributed by atoms with Crippen molar-refractivity contribution in [1.82, 2.24) is 9.88 Å². The van der Waals surface area contributed by atoms with E-state index in [0.29, 0.717) is 5.54 Å². The third-order valence-electron chi connectivity index (χ3n) is 3.69. The van der Waals surface area contributed by atoms with Gasteiger partial charge < -0.3 is 4.90 Å². The average molecular weight is 239 g/mol. The minimum absolute atomic E-state index is 0.342. The van der Waals surface area contributed by atoms with Crippen molar-refractivity contribution in [2.45, 2.75) is 32.7 Å². The van der Waals surface area contributed by atoms with Crippen LogP contribution in [0.1, 0.15) is 27.2 Å². The van der Waals surface area contributed by atoms with Crippen LogP contribution in [0.25, 0.3) is 0 Å². The molecule has 0 radical (unpaired) electrons. The summed E-state index contributed by atoms with van der Waals surface area (Å²) in [4.78, 5) is 9.36. The summed E-state index contributed by atoms with van der Waals surface area (Å²) in [6.07, 6.45) is 3.10. The molecule has 0 atom stereocenters. The van der Waals surface area contributed by atoms with E-state index in [-0.39, 0.29) is 0 Å². The first-order valence-corrected chi connectivity index (χ1v) is 6.91. The minimum Gasteiger partial charge on any atom is -0.346 e. The van der Waals surface area contributed by atoms with Crippen LogP contribution in [-0.2, 0) is 0 Å². The minimum atomic E-state index is 0.342. The third-order valence-corrected chi connectivity index (χ3v) is 4.52. The number of hydrogen-bond acceptors (Lipinski definition) is 4. The van der Waals surface area contributed by atoms with Crippen molar-refractivity contribution in [3.8, 4) is 0 Å². The first kappa shape index (κ1) is 11.9. The van der Waals surface area contributed by atoms with E-state index >= 15 is 0 Å². The molecule has 1 aromatic rings. The molecule has 1 aromatic heterocycles. The molecule has 0 saturated carbocycles. The van der Waals surface area contributed by atoms with Gasteiger partial charge in [0.15, 0.2) is 5.13 Å². The third kappa shape index (κ3) is 2.38. The second kappa shape index (κ2) is 4.72. The molecule has 0 aliphatic carbocycles. The molecule has 1 fully saturated rings. The summed E-state index contributed by atoms with van der Waals surface area (Å²) < 4.78 is 0. The molecule has 1 aliphatic rings. The van der Waals surface area contributed by atoms with E-state index in [1.54, 1.807) is 11.3 Å². The highest BCUT2D eigenvalue weighted by atomic mass is 32.1. The molecule has 1 saturated heterocycles. The molecule has 0 unspecified atom stereocenters. The van der Waals surface area contributed by atoms with Gasteiger partial charge in [0.2, 0.25) is 0 Å². The maximum Gasteiger partial charge on any atom is 0.185 e. The molecular formula is C12H21N3S. The lowest BCUT2D eigenvalue weighted by molar-refractivity contribution is 0.108. The zero-order valence-electron chi connectivity index (χ0n) is 10.4. The van der Waals surface area contributed by atoms with Crippen LogP contribution in [0, 0.1) is 0 Å². The zero-order chi connectivity index (χ0) is 11.6. The predicted octanol–water partition coefficient (Wildman–Crippen LogP) is 2.45. The Hall–Kier alpha value is -0.610. The maximum absolute atomic E-state index is 4.37. The molecule has 2 rings (SSSR count). The summed E-state index contributed by atoms with van der Waals surface area (Å²) in [5.74, 6) is 0. The van der Waals surface area contributed by atoms with Crippen LogP contribution in [0.3, 0.4) is 0 Å². The molecule has 0 bridgehead atoms. The standard InChI is InChI=1S/C12H21N3S/c1-4-12(2,3)15-8-6-14(7-9-15)11-13-5-10-16-11/h5,10H,4,6-9H2,1-3H3. The van der Waals surface area contributed by atoms with Crippen molar-refractivity contribution in [1.29, 1.82) is 0 Å². The summed E-state index contributed by atoms with van der Waals surface area (Å²) in [7, 11) is 0. The van der Waals surface area contributed by atoms with Gasteiger partial charge in [-0.05, 0) is 20.3 Å². The molecule has 90 valence electrons. The number of aromatic nitrogens is 1. The molecular weight excluding hydrogens is 218 g/mol. The topological polar surface area (TPSA) is 19.4 Å². The van der Waals surface area contributed by atoms with E-state index in [1.165, 1.54) is 11.6 Å². The van der Waals surface area contributed by atoms with Crippen molar-refractivity contribution in [3.05, 3.63) is 11.6 Å². The van der Waals surface area contributed by atoms with Crippen molar-refractivity contribution in [2.24, 2.45) is 0 Å². The van der Waals surface area contributed by atoms with Gasteiger partial charge in [-0.25, -0.2) is 4.98 Å². The highest BCUT2D eigenvalue weighted by Gasteiger charge is 2.28. The normalized spacial score (nSPS) is 19.1. The molecule has 16 heavy (non-hydrogen) atoms. The quantitative estimate of drug-likeness (QED) is 0.807. The van der Waals surface area contributed by atoms with Gasteiger partial charge in [-0.1, -0.05) is 6.92 Å². The molecule has 3 nitrogen and oxygen atoms in total. The predicted molar refractivity (Wildman–Crippen MR) is 70.3 cm³/mol. The van der Waals surface area contributed by atoms with E-state index in [1.807, 2.05) is 6.20 Å². The Morgan fingerprint density at radius 1 is 1.31 bits per heavy atom. The number of hydrogen-bond donors (Lipinski definition) is 0. The molecule has 0 aromatic carbocycles. The second-order valence-electron chi connectivity index (χ2n) is 4.95. The Morgan fingerprint density at radius 2 is 2.00 bits per heavy atom. The monoisotopic (exact) mass is 239 g/mol. The smallest absolute Gasteiger partial charge is 0.185 e. The fourth-order valence-corrected chi connectivity index (χ4v) is 2.80. The Morgan fingerprint density at radius 3 is 2.50 bits per heavy atom. The molecule has 0 N–H and O–H groups in total. The Labute approximate surface area is 102 Å². The number of thiazole rings is 1. The largest absolute Gasteiger partial charge is 0.346 e. The molecule has 0 amide bonds. The van der Waals surface area contributed by atoms with E-state index < -0.39 is 0 Å². The fraction of sp³-hybridized carbons (Fsp3) is 0.750. The average Bonchev–Trinajstić information content (AvgIpc) is 2.83. The lowest BCUT2D eigenvalue weighted by Gasteiger charge is -2.43. The highest BCUT2D eigenvalue weighted by Crippen LogP contribution is 2.23. The van der Waals surface area contributed by atoms with Crippen LogP contribution in [-0.4, -0.2) is 41.6 Å². The molecule has 1 aliphatic heterocycles. The highest BCUT2D eigenvalue weighted by molar-refractivity contribution is 7.13. The van der Waals surface area contributed by atoms with Gasteiger partial charge in [-0.3, -0.25) is 4.90 Å². The van der Waals surface area contributed by atoms with Gasteiger partial charge >= 0.3 is 0 Å². The van der Waals surface area contributed by atoms with E-state index in [9.17, 15) is 0 Å². The Balaban J connectivity index is 1.92. The Bertz CT molecular complexity index is 313. The van der Waals surface area contributed by atoms with Crippen LogP contribution in [0.5, 0.6) is 0 Å². The van der Waals surface area contributed by atoms with Crippen LogP contribution in [0.4, 0.5) is 5.13 Å². The first-order valence-electron chi connectivity index (χ1n) is 6.03. The first-order chi connectivity index (χ1) is 7.63. The van der Waals surface area contributed by atoms with Gasteiger partial charge in [0.05, 0.1) is 0 Å². The fourth-order valence-electron chi connectivity index (χ4n) is 2.10. The maximum atomic E-state index is 4.37. The van der Waals surface area contributed by atoms with Gasteiger partial charge in [-0.15, -0.1) is 11.3 Å². The van der Waals surface area contributed by atoms with Crippen LogP contribution in [0.2, 0.25) is 0 Å². The number of nitrogens with zero attached hydrogens (tertiary/aromatic N) is 3. The van der Waals surface area contributed by atoms with Gasteiger partial charge in [0.1, 0.15) is 0 Å². The summed E-state index contributed by atoms with van der Waals surface area (Å²) in [6.45, 7) is 11.5. The number of anilines is 1. The molecule has 2 heterocycles. The van der Waals surface area contributed by atoms with Crippen molar-refractivity contribution in [2.75, 3.05) is 31.1 Å². The lowest BCUT2D eigenvalue weighted by Crippen LogP contribution is -2.54. The zero-order valence-corrected chi connectivity index (χ0v) is 11.3. The Kier molecular flexibility index (Phi) is 3.50. The molecule has 4 heteroatoms. The van der Waals surface area contributed by atoms with Crippen LogP contribution in [0.15, 0.2) is 11.6 Å². The summed E-state index contributed by atoms with van der Waals surface area (Å²) in [5.41, 5.74) is 0.342.